The number of aromatic nitrogens is 1. The number of benzene rings is 1. The third kappa shape index (κ3) is 7.30. The Labute approximate surface area is 188 Å². The van der Waals surface area contributed by atoms with E-state index < -0.39 is 11.9 Å². The maximum absolute atomic E-state index is 12.7. The number of nitrogens with zero attached hydrogens (tertiary/aromatic N) is 1. The number of aliphatic carboxylic acids is 2. The average molecular weight is 444 g/mol. The summed E-state index contributed by atoms with van der Waals surface area (Å²) in [6.45, 7) is 11.3. The predicted octanol–water partition coefficient (Wildman–Crippen LogP) is 3.62. The van der Waals surface area contributed by atoms with Gasteiger partial charge in [0.2, 0.25) is 5.91 Å². The molecule has 1 heterocycles. The second-order valence-corrected chi connectivity index (χ2v) is 9.92. The molecule has 2 aromatic rings. The molecule has 1 aromatic heterocycles. The molecule has 0 aliphatic heterocycles. The smallest absolute Gasteiger partial charge is 0.414 e. The Bertz CT molecular complexity index is 997. The number of hydrogen-bond donors (Lipinski definition) is 4. The van der Waals surface area contributed by atoms with Crippen LogP contribution >= 0.6 is 0 Å². The fourth-order valence-corrected chi connectivity index (χ4v) is 4.25. The zero-order valence-electron chi connectivity index (χ0n) is 19.4. The molecule has 8 heteroatoms. The highest BCUT2D eigenvalue weighted by atomic mass is 16.4. The summed E-state index contributed by atoms with van der Waals surface area (Å²) in [5.74, 6) is -3.64. The lowest BCUT2D eigenvalue weighted by Crippen LogP contribution is -2.45. The van der Waals surface area contributed by atoms with Gasteiger partial charge in [0.15, 0.2) is 0 Å². The van der Waals surface area contributed by atoms with Crippen LogP contribution < -0.4 is 10.6 Å². The lowest BCUT2D eigenvalue weighted by atomic mass is 9.82. The number of pyridine rings is 1. The van der Waals surface area contributed by atoms with Gasteiger partial charge in [0, 0.05) is 16.6 Å². The Morgan fingerprint density at radius 1 is 1.00 bits per heavy atom. The van der Waals surface area contributed by atoms with E-state index in [0.717, 1.165) is 48.0 Å². The van der Waals surface area contributed by atoms with E-state index in [1.54, 1.807) is 0 Å². The van der Waals surface area contributed by atoms with E-state index in [2.05, 4.69) is 45.3 Å². The third-order valence-corrected chi connectivity index (χ3v) is 5.07. The first kappa shape index (κ1) is 25.3. The normalized spacial score (nSPS) is 13.2. The van der Waals surface area contributed by atoms with Crippen molar-refractivity contribution in [2.45, 2.75) is 65.8 Å². The zero-order valence-corrected chi connectivity index (χ0v) is 19.4. The fourth-order valence-electron chi connectivity index (χ4n) is 4.25. The number of carboxylic acids is 2. The Hall–Kier alpha value is -3.00. The molecule has 0 fully saturated rings. The summed E-state index contributed by atoms with van der Waals surface area (Å²) in [6.07, 6.45) is 4.10. The molecule has 0 radical (unpaired) electrons. The summed E-state index contributed by atoms with van der Waals surface area (Å²) in [5, 5.41) is 22.4. The second-order valence-electron chi connectivity index (χ2n) is 9.92. The van der Waals surface area contributed by atoms with Gasteiger partial charge >= 0.3 is 11.9 Å². The van der Waals surface area contributed by atoms with Crippen molar-refractivity contribution < 1.29 is 24.6 Å². The van der Waals surface area contributed by atoms with Crippen molar-refractivity contribution in [1.29, 1.82) is 0 Å². The molecule has 1 aromatic carbocycles. The van der Waals surface area contributed by atoms with E-state index in [-0.39, 0.29) is 16.9 Å². The number of hydrogen-bond acceptors (Lipinski definition) is 5. The number of aryl methyl sites for hydroxylation is 1. The number of nitrogens with one attached hydrogen (secondary N) is 2. The van der Waals surface area contributed by atoms with Crippen LogP contribution in [0.2, 0.25) is 0 Å². The van der Waals surface area contributed by atoms with Crippen molar-refractivity contribution in [1.82, 2.24) is 10.3 Å². The molecule has 0 unspecified atom stereocenters. The van der Waals surface area contributed by atoms with Crippen molar-refractivity contribution in [3.8, 4) is 0 Å². The van der Waals surface area contributed by atoms with Crippen LogP contribution in [0.3, 0.4) is 0 Å². The van der Waals surface area contributed by atoms with E-state index in [1.807, 2.05) is 24.3 Å². The largest absolute Gasteiger partial charge is 0.473 e. The number of para-hydroxylation sites is 1. The lowest BCUT2D eigenvalue weighted by molar-refractivity contribution is -0.159. The van der Waals surface area contributed by atoms with E-state index in [0.29, 0.717) is 6.54 Å². The fraction of sp³-hybridized carbons (Fsp3) is 0.500. The van der Waals surface area contributed by atoms with Crippen molar-refractivity contribution in [2.24, 2.45) is 5.41 Å². The number of amides is 1. The number of carbonyl (C=O) groups is 3. The number of carbonyl (C=O) groups excluding carboxylic acids is 1. The highest BCUT2D eigenvalue weighted by Gasteiger charge is 2.26. The Balaban J connectivity index is 0.000000534. The summed E-state index contributed by atoms with van der Waals surface area (Å²) >= 11 is 0. The first-order chi connectivity index (χ1) is 14.8. The van der Waals surface area contributed by atoms with Crippen LogP contribution in [0.4, 0.5) is 5.69 Å². The number of carboxylic acid groups (broad SMARTS) is 2. The summed E-state index contributed by atoms with van der Waals surface area (Å²) < 4.78 is 0. The third-order valence-electron chi connectivity index (χ3n) is 5.07. The quantitative estimate of drug-likeness (QED) is 0.520. The lowest BCUT2D eigenvalue weighted by Gasteiger charge is -2.33. The molecule has 174 valence electrons. The van der Waals surface area contributed by atoms with Gasteiger partial charge in [0.25, 0.3) is 0 Å². The maximum Gasteiger partial charge on any atom is 0.414 e. The van der Waals surface area contributed by atoms with Gasteiger partial charge in [-0.1, -0.05) is 39.0 Å². The molecule has 32 heavy (non-hydrogen) atoms. The maximum atomic E-state index is 12.7. The van der Waals surface area contributed by atoms with Crippen LogP contribution in [-0.2, 0) is 27.2 Å². The molecular weight excluding hydrogens is 410 g/mol. The molecule has 1 aliphatic carbocycles. The molecule has 8 nitrogen and oxygen atoms in total. The Morgan fingerprint density at radius 2 is 1.62 bits per heavy atom. The van der Waals surface area contributed by atoms with Gasteiger partial charge < -0.3 is 20.8 Å². The molecule has 0 atom stereocenters. The molecule has 0 bridgehead atoms. The monoisotopic (exact) mass is 443 g/mol. The minimum atomic E-state index is -1.82. The van der Waals surface area contributed by atoms with Crippen LogP contribution in [0.1, 0.15) is 58.7 Å². The van der Waals surface area contributed by atoms with E-state index in [9.17, 15) is 4.79 Å². The van der Waals surface area contributed by atoms with Crippen LogP contribution in [0.5, 0.6) is 0 Å². The van der Waals surface area contributed by atoms with Gasteiger partial charge in [-0.3, -0.25) is 9.78 Å². The molecule has 0 saturated heterocycles. The van der Waals surface area contributed by atoms with Gasteiger partial charge in [0.1, 0.15) is 0 Å². The predicted molar refractivity (Wildman–Crippen MR) is 124 cm³/mol. The SMILES string of the molecule is CC(C)(C)CC(C)(C)NCC(=O)Nc1c2c(nc3ccccc13)CCC2.O=C(O)C(=O)O. The van der Waals surface area contributed by atoms with Gasteiger partial charge in [0.05, 0.1) is 17.7 Å². The van der Waals surface area contributed by atoms with Gasteiger partial charge in [-0.15, -0.1) is 0 Å². The molecule has 1 amide bonds. The first-order valence-electron chi connectivity index (χ1n) is 10.7. The van der Waals surface area contributed by atoms with Gasteiger partial charge in [-0.25, -0.2) is 9.59 Å². The van der Waals surface area contributed by atoms with Crippen molar-refractivity contribution in [3.63, 3.8) is 0 Å². The summed E-state index contributed by atoms with van der Waals surface area (Å²) in [5.41, 5.74) is 4.41. The number of fused-ring (bicyclic) bond motifs is 2. The van der Waals surface area contributed by atoms with Crippen LogP contribution in [-0.4, -0.2) is 45.1 Å². The molecule has 0 saturated carbocycles. The van der Waals surface area contributed by atoms with Gasteiger partial charge in [-0.2, -0.15) is 0 Å². The highest BCUT2D eigenvalue weighted by Crippen LogP contribution is 2.34. The van der Waals surface area contributed by atoms with E-state index >= 15 is 0 Å². The Morgan fingerprint density at radius 3 is 2.22 bits per heavy atom. The molecule has 1 aliphatic rings. The topological polar surface area (TPSA) is 129 Å². The van der Waals surface area contributed by atoms with Crippen LogP contribution in [0.15, 0.2) is 24.3 Å². The van der Waals surface area contributed by atoms with E-state index in [1.165, 1.54) is 5.56 Å². The van der Waals surface area contributed by atoms with E-state index in [4.69, 9.17) is 24.8 Å². The molecule has 4 N–H and O–H groups in total. The van der Waals surface area contributed by atoms with Crippen molar-refractivity contribution in [2.75, 3.05) is 11.9 Å². The minimum absolute atomic E-state index is 0.0115. The first-order valence-corrected chi connectivity index (χ1v) is 10.7. The minimum Gasteiger partial charge on any atom is -0.473 e. The highest BCUT2D eigenvalue weighted by molar-refractivity contribution is 6.27. The summed E-state index contributed by atoms with van der Waals surface area (Å²) in [6, 6.07) is 8.08. The summed E-state index contributed by atoms with van der Waals surface area (Å²) in [4.78, 5) is 35.7. The number of rotatable bonds is 5. The van der Waals surface area contributed by atoms with Crippen LogP contribution in [0, 0.1) is 5.41 Å². The summed E-state index contributed by atoms with van der Waals surface area (Å²) in [7, 11) is 0. The Kier molecular flexibility index (Phi) is 7.96. The molecule has 3 rings (SSSR count). The van der Waals surface area contributed by atoms with Gasteiger partial charge in [-0.05, 0) is 56.6 Å². The zero-order chi connectivity index (χ0) is 24.1. The van der Waals surface area contributed by atoms with Crippen molar-refractivity contribution >= 4 is 34.4 Å². The molecular formula is C24H33N3O5. The number of anilines is 1. The average Bonchev–Trinajstić information content (AvgIpc) is 3.13. The van der Waals surface area contributed by atoms with Crippen molar-refractivity contribution in [3.05, 3.63) is 35.5 Å². The second kappa shape index (κ2) is 10.1. The molecule has 0 spiro atoms. The van der Waals surface area contributed by atoms with Crippen LogP contribution in [0.25, 0.3) is 10.9 Å². The standard InChI is InChI=1S/C22H31N3O.C2H2O4/c1-21(2,3)14-22(4,5)23-13-19(26)25-20-15-9-6-7-11-17(15)24-18-12-8-10-16(18)20;3-1(4)2(5)6/h6-7,9,11,23H,8,10,12-14H2,1-5H3,(H,24,25,26);(H,3,4)(H,5,6).